The topological polar surface area (TPSA) is 24.7 Å². The van der Waals surface area contributed by atoms with Gasteiger partial charge in [0.15, 0.2) is 0 Å². The van der Waals surface area contributed by atoms with Crippen molar-refractivity contribution in [2.24, 2.45) is 9.98 Å². The zero-order valence-electron chi connectivity index (χ0n) is 30.5. The van der Waals surface area contributed by atoms with Crippen LogP contribution >= 0.6 is 0 Å². The Morgan fingerprint density at radius 1 is 0.196 bits per heavy atom. The van der Waals surface area contributed by atoms with E-state index in [1.54, 1.807) is 0 Å². The van der Waals surface area contributed by atoms with Crippen molar-refractivity contribution in [3.8, 4) is 22.3 Å². The Labute approximate surface area is 325 Å². The Morgan fingerprint density at radius 2 is 0.464 bits per heavy atom. The van der Waals surface area contributed by atoms with Crippen molar-refractivity contribution in [2.45, 2.75) is 0 Å². The Morgan fingerprint density at radius 3 is 0.911 bits per heavy atom. The molecule has 0 radical (unpaired) electrons. The zero-order valence-corrected chi connectivity index (χ0v) is 30.5. The first-order valence-electron chi connectivity index (χ1n) is 19.2. The molecule has 10 aromatic rings. The van der Waals surface area contributed by atoms with Gasteiger partial charge in [0.2, 0.25) is 0 Å². The van der Waals surface area contributed by atoms with E-state index < -0.39 is 0 Å². The molecule has 2 nitrogen and oxygen atoms in total. The van der Waals surface area contributed by atoms with Crippen LogP contribution in [0.15, 0.2) is 216 Å². The van der Waals surface area contributed by atoms with Gasteiger partial charge in [0.05, 0.1) is 22.8 Å². The van der Waals surface area contributed by atoms with Gasteiger partial charge in [-0.05, 0) is 77.5 Å². The summed E-state index contributed by atoms with van der Waals surface area (Å²) in [6.45, 7) is 0. The maximum Gasteiger partial charge on any atom is 0.0809 e. The second-order valence-electron chi connectivity index (χ2n) is 14.4. The third kappa shape index (κ3) is 5.19. The largest absolute Gasteiger partial charge is 0.247 e. The predicted octanol–water partition coefficient (Wildman–Crippen LogP) is 14.3. The molecule has 10 aromatic carbocycles. The minimum atomic E-state index is 0.889. The fraction of sp³-hybridized carbons (Fsp3) is 0. The van der Waals surface area contributed by atoms with Crippen LogP contribution < -0.4 is 0 Å². The van der Waals surface area contributed by atoms with E-state index in [4.69, 9.17) is 9.98 Å². The van der Waals surface area contributed by atoms with Crippen molar-refractivity contribution in [3.05, 3.63) is 229 Å². The molecule has 1 aliphatic rings. The summed E-state index contributed by atoms with van der Waals surface area (Å²) in [4.78, 5) is 11.2. The Kier molecular flexibility index (Phi) is 7.53. The van der Waals surface area contributed by atoms with Gasteiger partial charge in [-0.25, -0.2) is 9.98 Å². The van der Waals surface area contributed by atoms with Gasteiger partial charge in [-0.3, -0.25) is 0 Å². The molecular weight excluding hydrogens is 677 g/mol. The highest BCUT2D eigenvalue weighted by atomic mass is 14.8. The first kappa shape index (κ1) is 32.0. The zero-order chi connectivity index (χ0) is 37.0. The number of aliphatic imine (C=N–C) groups is 2. The predicted molar refractivity (Wildman–Crippen MR) is 237 cm³/mol. The van der Waals surface area contributed by atoms with Crippen LogP contribution in [0, 0.1) is 0 Å². The average Bonchev–Trinajstić information content (AvgIpc) is 3.26. The molecule has 0 aliphatic carbocycles. The van der Waals surface area contributed by atoms with Crippen LogP contribution in [0.2, 0.25) is 0 Å². The molecule has 0 bridgehead atoms. The van der Waals surface area contributed by atoms with Gasteiger partial charge in [0.25, 0.3) is 0 Å². The van der Waals surface area contributed by atoms with Crippen molar-refractivity contribution in [1.29, 1.82) is 0 Å². The molecular formula is C54H34N2. The fourth-order valence-corrected chi connectivity index (χ4v) is 8.74. The molecule has 0 N–H and O–H groups in total. The molecule has 0 spiro atoms. The highest BCUT2D eigenvalue weighted by Gasteiger charge is 2.23. The second-order valence-corrected chi connectivity index (χ2v) is 14.4. The number of rotatable bonds is 4. The standard InChI is InChI=1S/C54H34N2/c1-3-19-37-35(15-1)17-9-23-39(37)41-25-11-29-45-43(41)27-13-31-47(45)53-49-21-5-7-33-51(49)56-54(50-22-6-8-34-52(50)55-53)48-32-14-28-44-42(26-12-30-46(44)48)40-24-10-18-36-16-2-4-20-38(36)40/h1-34H/b53-49?,54-50?,55-52?,55-53-,56-51?,56-54-. The summed E-state index contributed by atoms with van der Waals surface area (Å²) in [6.07, 6.45) is 0. The van der Waals surface area contributed by atoms with Crippen LogP contribution in [-0.2, 0) is 0 Å². The van der Waals surface area contributed by atoms with Crippen LogP contribution in [0.1, 0.15) is 22.3 Å². The molecule has 0 unspecified atom stereocenters. The van der Waals surface area contributed by atoms with E-state index in [1.165, 1.54) is 54.6 Å². The van der Waals surface area contributed by atoms with E-state index in [9.17, 15) is 0 Å². The third-order valence-electron chi connectivity index (χ3n) is 11.3. The van der Waals surface area contributed by atoms with Gasteiger partial charge in [0.1, 0.15) is 0 Å². The smallest absolute Gasteiger partial charge is 0.0809 e. The van der Waals surface area contributed by atoms with E-state index in [-0.39, 0.29) is 0 Å². The lowest BCUT2D eigenvalue weighted by Gasteiger charge is -2.20. The van der Waals surface area contributed by atoms with E-state index in [2.05, 4.69) is 206 Å². The van der Waals surface area contributed by atoms with Gasteiger partial charge in [0, 0.05) is 22.3 Å². The molecule has 1 aliphatic heterocycles. The third-order valence-corrected chi connectivity index (χ3v) is 11.3. The van der Waals surface area contributed by atoms with Gasteiger partial charge in [-0.1, -0.05) is 194 Å². The number of nitrogens with zero attached hydrogens (tertiary/aromatic N) is 2. The summed E-state index contributed by atoms with van der Waals surface area (Å²) in [7, 11) is 0. The molecule has 0 amide bonds. The number of hydrogen-bond acceptors (Lipinski definition) is 2. The van der Waals surface area contributed by atoms with Gasteiger partial charge < -0.3 is 0 Å². The van der Waals surface area contributed by atoms with E-state index in [0.717, 1.165) is 55.8 Å². The summed E-state index contributed by atoms with van der Waals surface area (Å²) in [6, 6.07) is 73.8. The lowest BCUT2D eigenvalue weighted by molar-refractivity contribution is 1.40. The average molecular weight is 711 g/mol. The van der Waals surface area contributed by atoms with Crippen molar-refractivity contribution in [3.63, 3.8) is 0 Å². The summed E-state index contributed by atoms with van der Waals surface area (Å²) in [5.41, 5.74) is 12.6. The second kappa shape index (κ2) is 13.2. The maximum atomic E-state index is 5.60. The summed E-state index contributed by atoms with van der Waals surface area (Å²) >= 11 is 0. The number of para-hydroxylation sites is 2. The SMILES string of the molecule is c1ccc2c(c1)/N=C(/c1cccc3c(-c4cccc5ccccc45)cccc13)c1ccccc1/N=C\2c1cccc2c(-c3cccc4ccccc34)cccc12. The summed E-state index contributed by atoms with van der Waals surface area (Å²) in [5, 5.41) is 9.66. The summed E-state index contributed by atoms with van der Waals surface area (Å²) < 4.78 is 0. The number of benzene rings is 10. The molecule has 0 aromatic heterocycles. The molecule has 260 valence electrons. The molecule has 2 heteroatoms. The number of fused-ring (bicyclic) bond motifs is 6. The molecule has 11 rings (SSSR count). The van der Waals surface area contributed by atoms with Crippen molar-refractivity contribution in [2.75, 3.05) is 0 Å². The lowest BCUT2D eigenvalue weighted by Crippen LogP contribution is -2.11. The molecule has 0 atom stereocenters. The van der Waals surface area contributed by atoms with E-state index >= 15 is 0 Å². The Hall–Kier alpha value is -7.42. The first-order chi connectivity index (χ1) is 27.8. The van der Waals surface area contributed by atoms with Gasteiger partial charge in [-0.15, -0.1) is 0 Å². The van der Waals surface area contributed by atoms with Gasteiger partial charge in [-0.2, -0.15) is 0 Å². The first-order valence-corrected chi connectivity index (χ1v) is 19.2. The minimum Gasteiger partial charge on any atom is -0.247 e. The molecule has 56 heavy (non-hydrogen) atoms. The highest BCUT2D eigenvalue weighted by Crippen LogP contribution is 2.40. The van der Waals surface area contributed by atoms with Crippen molar-refractivity contribution in [1.82, 2.24) is 0 Å². The van der Waals surface area contributed by atoms with Crippen LogP contribution in [0.25, 0.3) is 65.3 Å². The fourth-order valence-electron chi connectivity index (χ4n) is 8.74. The van der Waals surface area contributed by atoms with Gasteiger partial charge >= 0.3 is 0 Å². The van der Waals surface area contributed by atoms with Crippen LogP contribution in [0.3, 0.4) is 0 Å². The van der Waals surface area contributed by atoms with Crippen molar-refractivity contribution >= 4 is 65.9 Å². The maximum absolute atomic E-state index is 5.60. The van der Waals surface area contributed by atoms with Crippen molar-refractivity contribution < 1.29 is 0 Å². The Balaban J connectivity index is 1.12. The van der Waals surface area contributed by atoms with Crippen LogP contribution in [-0.4, -0.2) is 11.4 Å². The molecule has 0 saturated heterocycles. The number of hydrogen-bond donors (Lipinski definition) is 0. The van der Waals surface area contributed by atoms with Crippen LogP contribution in [0.4, 0.5) is 11.4 Å². The molecule has 0 saturated carbocycles. The highest BCUT2D eigenvalue weighted by molar-refractivity contribution is 6.28. The lowest BCUT2D eigenvalue weighted by atomic mass is 9.88. The van der Waals surface area contributed by atoms with E-state index in [1.807, 2.05) is 0 Å². The quantitative estimate of drug-likeness (QED) is 0.174. The normalized spacial score (nSPS) is 14.4. The Bertz CT molecular complexity index is 3030. The summed E-state index contributed by atoms with van der Waals surface area (Å²) in [5.74, 6) is 0. The van der Waals surface area contributed by atoms with E-state index in [0.29, 0.717) is 0 Å². The monoisotopic (exact) mass is 710 g/mol. The minimum absolute atomic E-state index is 0.889. The molecule has 1 heterocycles. The molecule has 0 fully saturated rings. The van der Waals surface area contributed by atoms with Crippen LogP contribution in [0.5, 0.6) is 0 Å².